The third kappa shape index (κ3) is 3.62. The number of carboxylic acid groups (broad SMARTS) is 1. The van der Waals surface area contributed by atoms with Gasteiger partial charge in [0.05, 0.1) is 0 Å². The molecule has 1 rings (SSSR count). The first kappa shape index (κ1) is 16.8. The van der Waals surface area contributed by atoms with Gasteiger partial charge in [0.2, 0.25) is 0 Å². The van der Waals surface area contributed by atoms with Gasteiger partial charge in [0.15, 0.2) is 0 Å². The summed E-state index contributed by atoms with van der Waals surface area (Å²) in [4.78, 5) is 27.3. The maximum Gasteiger partial charge on any atom is 0.329 e. The maximum absolute atomic E-state index is 12.3. The van der Waals surface area contributed by atoms with Crippen LogP contribution in [0.25, 0.3) is 0 Å². The van der Waals surface area contributed by atoms with Crippen LogP contribution in [0.4, 0.5) is 4.79 Å². The van der Waals surface area contributed by atoms with E-state index in [1.165, 1.54) is 4.90 Å². The lowest BCUT2D eigenvalue weighted by Crippen LogP contribution is -2.56. The number of likely N-dealkylation sites (N-methyl/N-ethyl adjacent to an activating group) is 1. The highest BCUT2D eigenvalue weighted by atomic mass is 16.4. The summed E-state index contributed by atoms with van der Waals surface area (Å²) in [6.45, 7) is 10.9. The zero-order valence-electron chi connectivity index (χ0n) is 13.0. The molecule has 0 aromatic carbocycles. The van der Waals surface area contributed by atoms with Crippen molar-refractivity contribution in [1.29, 1.82) is 0 Å². The molecule has 2 atom stereocenters. The number of nitrogens with one attached hydrogen (secondary N) is 1. The Balaban J connectivity index is 2.60. The van der Waals surface area contributed by atoms with Gasteiger partial charge < -0.3 is 20.2 Å². The van der Waals surface area contributed by atoms with Gasteiger partial charge >= 0.3 is 12.0 Å². The van der Waals surface area contributed by atoms with E-state index in [2.05, 4.69) is 24.1 Å². The van der Waals surface area contributed by atoms with Crippen LogP contribution < -0.4 is 5.32 Å². The van der Waals surface area contributed by atoms with Crippen molar-refractivity contribution in [2.24, 2.45) is 0 Å². The largest absolute Gasteiger partial charge is 0.480 e. The SMILES string of the molecule is CCN(CC)CC(C)NC(=O)N1CCCC1(C)C(=O)O. The number of carboxylic acids is 1. The van der Waals surface area contributed by atoms with Crippen molar-refractivity contribution in [2.75, 3.05) is 26.2 Å². The Kier molecular flexibility index (Phi) is 5.80. The first-order valence-corrected chi connectivity index (χ1v) is 7.39. The Labute approximate surface area is 121 Å². The van der Waals surface area contributed by atoms with E-state index < -0.39 is 11.5 Å². The number of likely N-dealkylation sites (tertiary alicyclic amines) is 1. The molecule has 2 amide bonds. The van der Waals surface area contributed by atoms with Gasteiger partial charge in [-0.05, 0) is 39.8 Å². The summed E-state index contributed by atoms with van der Waals surface area (Å²) in [7, 11) is 0. The molecular weight excluding hydrogens is 258 g/mol. The van der Waals surface area contributed by atoms with Crippen LogP contribution in [0, 0.1) is 0 Å². The van der Waals surface area contributed by atoms with Gasteiger partial charge in [0.25, 0.3) is 0 Å². The predicted molar refractivity (Wildman–Crippen MR) is 77.8 cm³/mol. The second-order valence-corrected chi connectivity index (χ2v) is 5.67. The number of nitrogens with zero attached hydrogens (tertiary/aromatic N) is 2. The smallest absolute Gasteiger partial charge is 0.329 e. The number of amides is 2. The lowest BCUT2D eigenvalue weighted by atomic mass is 10.00. The average Bonchev–Trinajstić information content (AvgIpc) is 2.79. The molecule has 116 valence electrons. The Morgan fingerprint density at radius 2 is 2.00 bits per heavy atom. The summed E-state index contributed by atoms with van der Waals surface area (Å²) < 4.78 is 0. The minimum atomic E-state index is -1.07. The second kappa shape index (κ2) is 6.92. The standard InChI is InChI=1S/C14H27N3O3/c1-5-16(6-2)10-11(3)15-13(20)17-9-7-8-14(17,4)12(18)19/h11H,5-10H2,1-4H3,(H,15,20)(H,18,19). The Morgan fingerprint density at radius 1 is 1.40 bits per heavy atom. The minimum absolute atomic E-state index is 0.000967. The van der Waals surface area contributed by atoms with Crippen LogP contribution in [0.3, 0.4) is 0 Å². The van der Waals surface area contributed by atoms with E-state index in [1.54, 1.807) is 6.92 Å². The van der Waals surface area contributed by atoms with Crippen LogP contribution >= 0.6 is 0 Å². The number of hydrogen-bond donors (Lipinski definition) is 2. The fourth-order valence-electron chi connectivity index (χ4n) is 2.71. The van der Waals surface area contributed by atoms with E-state index in [0.717, 1.165) is 26.1 Å². The van der Waals surface area contributed by atoms with Gasteiger partial charge in [-0.3, -0.25) is 0 Å². The Morgan fingerprint density at radius 3 is 2.50 bits per heavy atom. The van der Waals surface area contributed by atoms with Gasteiger partial charge in [-0.2, -0.15) is 0 Å². The van der Waals surface area contributed by atoms with Crippen molar-refractivity contribution < 1.29 is 14.7 Å². The van der Waals surface area contributed by atoms with Crippen molar-refractivity contribution >= 4 is 12.0 Å². The molecule has 1 heterocycles. The van der Waals surface area contributed by atoms with Crippen molar-refractivity contribution in [1.82, 2.24) is 15.1 Å². The number of carbonyl (C=O) groups is 2. The second-order valence-electron chi connectivity index (χ2n) is 5.67. The summed E-state index contributed by atoms with van der Waals surface area (Å²) in [6, 6.07) is -0.270. The molecular formula is C14H27N3O3. The Bertz CT molecular complexity index is 358. The molecule has 0 aliphatic carbocycles. The van der Waals surface area contributed by atoms with Crippen molar-refractivity contribution in [3.05, 3.63) is 0 Å². The summed E-state index contributed by atoms with van der Waals surface area (Å²) in [5.74, 6) is -0.929. The monoisotopic (exact) mass is 285 g/mol. The summed E-state index contributed by atoms with van der Waals surface area (Å²) in [5, 5.41) is 12.2. The van der Waals surface area contributed by atoms with E-state index in [0.29, 0.717) is 13.0 Å². The molecule has 0 bridgehead atoms. The van der Waals surface area contributed by atoms with Crippen molar-refractivity contribution in [3.8, 4) is 0 Å². The predicted octanol–water partition coefficient (Wildman–Crippen LogP) is 1.37. The molecule has 0 aromatic rings. The summed E-state index contributed by atoms with van der Waals surface area (Å²) in [6.07, 6.45) is 1.25. The molecule has 1 saturated heterocycles. The van der Waals surface area contributed by atoms with Crippen LogP contribution in [-0.4, -0.2) is 64.7 Å². The number of hydrogen-bond acceptors (Lipinski definition) is 3. The Hall–Kier alpha value is -1.30. The van der Waals surface area contributed by atoms with Crippen molar-refractivity contribution in [3.63, 3.8) is 0 Å². The molecule has 2 N–H and O–H groups in total. The average molecular weight is 285 g/mol. The first-order chi connectivity index (χ1) is 9.35. The van der Waals surface area contributed by atoms with Crippen LogP contribution in [0.1, 0.15) is 40.5 Å². The van der Waals surface area contributed by atoms with Gasteiger partial charge in [0.1, 0.15) is 5.54 Å². The summed E-state index contributed by atoms with van der Waals surface area (Å²) >= 11 is 0. The summed E-state index contributed by atoms with van der Waals surface area (Å²) in [5.41, 5.74) is -1.07. The minimum Gasteiger partial charge on any atom is -0.480 e. The van der Waals surface area contributed by atoms with Gasteiger partial charge in [-0.25, -0.2) is 9.59 Å². The number of aliphatic carboxylic acids is 1. The van der Waals surface area contributed by atoms with Crippen LogP contribution in [-0.2, 0) is 4.79 Å². The first-order valence-electron chi connectivity index (χ1n) is 7.39. The molecule has 1 fully saturated rings. The molecule has 6 heteroatoms. The quantitative estimate of drug-likeness (QED) is 0.773. The fraction of sp³-hybridized carbons (Fsp3) is 0.857. The molecule has 1 aliphatic heterocycles. The molecule has 0 saturated carbocycles. The fourth-order valence-corrected chi connectivity index (χ4v) is 2.71. The molecule has 2 unspecified atom stereocenters. The van der Waals surface area contributed by atoms with Gasteiger partial charge in [-0.1, -0.05) is 13.8 Å². The van der Waals surface area contributed by atoms with Gasteiger partial charge in [0, 0.05) is 19.1 Å². The highest BCUT2D eigenvalue weighted by Gasteiger charge is 2.46. The zero-order chi connectivity index (χ0) is 15.3. The van der Waals surface area contributed by atoms with E-state index >= 15 is 0 Å². The van der Waals surface area contributed by atoms with Crippen LogP contribution in [0.2, 0.25) is 0 Å². The van der Waals surface area contributed by atoms with E-state index in [4.69, 9.17) is 0 Å². The third-order valence-corrected chi connectivity index (χ3v) is 4.14. The number of urea groups is 1. The lowest BCUT2D eigenvalue weighted by molar-refractivity contribution is -0.147. The molecule has 6 nitrogen and oxygen atoms in total. The number of carbonyl (C=O) groups excluding carboxylic acids is 1. The van der Waals surface area contributed by atoms with E-state index in [-0.39, 0.29) is 12.1 Å². The molecule has 0 aromatic heterocycles. The number of rotatable bonds is 6. The zero-order valence-corrected chi connectivity index (χ0v) is 13.0. The van der Waals surface area contributed by atoms with Crippen LogP contribution in [0.15, 0.2) is 0 Å². The van der Waals surface area contributed by atoms with Gasteiger partial charge in [-0.15, -0.1) is 0 Å². The molecule has 1 aliphatic rings. The molecule has 20 heavy (non-hydrogen) atoms. The highest BCUT2D eigenvalue weighted by Crippen LogP contribution is 2.29. The molecule has 0 radical (unpaired) electrons. The van der Waals surface area contributed by atoms with E-state index in [1.807, 2.05) is 6.92 Å². The topological polar surface area (TPSA) is 72.9 Å². The van der Waals surface area contributed by atoms with E-state index in [9.17, 15) is 14.7 Å². The third-order valence-electron chi connectivity index (χ3n) is 4.14. The molecule has 0 spiro atoms. The lowest BCUT2D eigenvalue weighted by Gasteiger charge is -2.33. The highest BCUT2D eigenvalue weighted by molar-refractivity contribution is 5.86. The van der Waals surface area contributed by atoms with Crippen LogP contribution in [0.5, 0.6) is 0 Å². The normalized spacial score (nSPS) is 23.9. The van der Waals surface area contributed by atoms with Crippen molar-refractivity contribution in [2.45, 2.75) is 52.1 Å². The maximum atomic E-state index is 12.3.